The first kappa shape index (κ1) is 16.1. The molecule has 1 unspecified atom stereocenters. The third-order valence-corrected chi connectivity index (χ3v) is 5.68. The topological polar surface area (TPSA) is 63.2 Å². The summed E-state index contributed by atoms with van der Waals surface area (Å²) in [6.07, 6.45) is 0.472. The fourth-order valence-corrected chi connectivity index (χ4v) is 4.09. The minimum absolute atomic E-state index is 0.0612. The second-order valence-corrected chi connectivity index (χ2v) is 7.79. The van der Waals surface area contributed by atoms with Crippen molar-refractivity contribution in [3.05, 3.63) is 29.8 Å². The fourth-order valence-electron chi connectivity index (χ4n) is 2.53. The Hall–Kier alpha value is -1.73. The Morgan fingerprint density at radius 2 is 2.26 bits per heavy atom. The van der Waals surface area contributed by atoms with Crippen molar-refractivity contribution in [2.45, 2.75) is 20.3 Å². The van der Waals surface area contributed by atoms with Crippen molar-refractivity contribution >= 4 is 39.3 Å². The third kappa shape index (κ3) is 3.79. The van der Waals surface area contributed by atoms with Crippen LogP contribution in [0.4, 0.5) is 5.13 Å². The van der Waals surface area contributed by atoms with Crippen LogP contribution in [-0.4, -0.2) is 33.5 Å². The molecule has 5 nitrogen and oxygen atoms in total. The number of rotatable bonds is 4. The first-order valence-corrected chi connectivity index (χ1v) is 9.17. The average molecular weight is 347 g/mol. The summed E-state index contributed by atoms with van der Waals surface area (Å²) in [5, 5.41) is 9.95. The van der Waals surface area contributed by atoms with E-state index in [9.17, 15) is 9.59 Å². The van der Waals surface area contributed by atoms with Gasteiger partial charge in [-0.15, -0.1) is 10.2 Å². The Balaban J connectivity index is 1.73. The van der Waals surface area contributed by atoms with Gasteiger partial charge in [0.15, 0.2) is 5.12 Å². The maximum absolute atomic E-state index is 12.2. The van der Waals surface area contributed by atoms with E-state index in [2.05, 4.69) is 16.3 Å². The van der Waals surface area contributed by atoms with Crippen LogP contribution in [0.15, 0.2) is 24.3 Å². The van der Waals surface area contributed by atoms with E-state index in [0.717, 1.165) is 16.1 Å². The molecule has 2 heterocycles. The highest BCUT2D eigenvalue weighted by Crippen LogP contribution is 2.33. The van der Waals surface area contributed by atoms with Crippen LogP contribution in [-0.2, 0) is 9.59 Å². The highest BCUT2D eigenvalue weighted by molar-refractivity contribution is 8.13. The molecule has 1 aliphatic rings. The molecular formula is C16H17N3O2S2. The number of amides is 1. The van der Waals surface area contributed by atoms with Crippen molar-refractivity contribution in [2.24, 2.45) is 5.92 Å². The number of carbonyl (C=O) groups is 2. The summed E-state index contributed by atoms with van der Waals surface area (Å²) in [6.45, 7) is 4.20. The van der Waals surface area contributed by atoms with Crippen molar-refractivity contribution in [3.63, 3.8) is 0 Å². The standard InChI is InChI=1S/C16H17N3O2S2/c1-10-4-3-5-13(6-10)15-17-18-16(23-15)19-8-12(7-14(19)21)9-22-11(2)20/h3-6,12H,7-9H2,1-2H3. The zero-order valence-electron chi connectivity index (χ0n) is 13.0. The lowest BCUT2D eigenvalue weighted by Crippen LogP contribution is -2.24. The lowest BCUT2D eigenvalue weighted by Gasteiger charge is -2.11. The van der Waals surface area contributed by atoms with Gasteiger partial charge in [-0.2, -0.15) is 0 Å². The molecule has 1 aromatic carbocycles. The predicted octanol–water partition coefficient (Wildman–Crippen LogP) is 3.15. The van der Waals surface area contributed by atoms with Crippen molar-refractivity contribution in [2.75, 3.05) is 17.2 Å². The summed E-state index contributed by atoms with van der Waals surface area (Å²) in [5.41, 5.74) is 2.18. The highest BCUT2D eigenvalue weighted by atomic mass is 32.2. The van der Waals surface area contributed by atoms with Crippen LogP contribution in [0.25, 0.3) is 10.6 Å². The number of hydrogen-bond donors (Lipinski definition) is 0. The molecule has 1 atom stereocenters. The summed E-state index contributed by atoms with van der Waals surface area (Å²) < 4.78 is 0. The molecule has 1 aromatic heterocycles. The summed E-state index contributed by atoms with van der Waals surface area (Å²) in [5.74, 6) is 0.940. The van der Waals surface area contributed by atoms with Crippen molar-refractivity contribution < 1.29 is 9.59 Å². The molecule has 120 valence electrons. The van der Waals surface area contributed by atoms with Gasteiger partial charge in [0.2, 0.25) is 11.0 Å². The van der Waals surface area contributed by atoms with Gasteiger partial charge in [-0.3, -0.25) is 14.5 Å². The molecule has 0 radical (unpaired) electrons. The van der Waals surface area contributed by atoms with Crippen LogP contribution in [0, 0.1) is 12.8 Å². The number of thioether (sulfide) groups is 1. The van der Waals surface area contributed by atoms with E-state index in [1.807, 2.05) is 25.1 Å². The zero-order chi connectivity index (χ0) is 16.4. The molecule has 0 saturated carbocycles. The van der Waals surface area contributed by atoms with Gasteiger partial charge >= 0.3 is 0 Å². The second kappa shape index (κ2) is 6.80. The molecule has 2 aromatic rings. The molecule has 1 amide bonds. The minimum Gasteiger partial charge on any atom is -0.288 e. The molecule has 23 heavy (non-hydrogen) atoms. The Morgan fingerprint density at radius 3 is 3.00 bits per heavy atom. The number of nitrogens with zero attached hydrogens (tertiary/aromatic N) is 3. The minimum atomic E-state index is 0.0612. The molecule has 0 spiro atoms. The van der Waals surface area contributed by atoms with Crippen LogP contribution in [0.2, 0.25) is 0 Å². The van der Waals surface area contributed by atoms with Gasteiger partial charge in [0, 0.05) is 31.2 Å². The van der Waals surface area contributed by atoms with Gasteiger partial charge in [0.25, 0.3) is 0 Å². The largest absolute Gasteiger partial charge is 0.288 e. The Labute approximate surface area is 143 Å². The van der Waals surface area contributed by atoms with E-state index in [1.165, 1.54) is 23.1 Å². The SMILES string of the molecule is CC(=O)SCC1CC(=O)N(c2nnc(-c3cccc(C)c3)s2)C1. The number of anilines is 1. The van der Waals surface area contributed by atoms with Gasteiger partial charge < -0.3 is 0 Å². The monoisotopic (exact) mass is 347 g/mol. The van der Waals surface area contributed by atoms with Crippen LogP contribution in [0.5, 0.6) is 0 Å². The Morgan fingerprint density at radius 1 is 1.43 bits per heavy atom. The fraction of sp³-hybridized carbons (Fsp3) is 0.375. The molecule has 0 aliphatic carbocycles. The first-order chi connectivity index (χ1) is 11.0. The van der Waals surface area contributed by atoms with E-state index < -0.39 is 0 Å². The molecular weight excluding hydrogens is 330 g/mol. The molecule has 3 rings (SSSR count). The molecule has 1 fully saturated rings. The molecule has 0 bridgehead atoms. The lowest BCUT2D eigenvalue weighted by molar-refractivity contribution is -0.117. The normalized spacial score (nSPS) is 17.7. The first-order valence-electron chi connectivity index (χ1n) is 7.37. The number of aromatic nitrogens is 2. The van der Waals surface area contributed by atoms with Gasteiger partial charge in [-0.05, 0) is 18.9 Å². The Kier molecular flexibility index (Phi) is 4.77. The number of aryl methyl sites for hydroxylation is 1. The van der Waals surface area contributed by atoms with Crippen LogP contribution >= 0.6 is 23.1 Å². The van der Waals surface area contributed by atoms with Crippen LogP contribution in [0.1, 0.15) is 18.9 Å². The third-order valence-electron chi connectivity index (χ3n) is 3.64. The lowest BCUT2D eigenvalue weighted by atomic mass is 10.1. The second-order valence-electron chi connectivity index (χ2n) is 5.64. The van der Waals surface area contributed by atoms with Gasteiger partial charge in [0.05, 0.1) is 0 Å². The van der Waals surface area contributed by atoms with Gasteiger partial charge in [0.1, 0.15) is 5.01 Å². The predicted molar refractivity (Wildman–Crippen MR) is 93.7 cm³/mol. The van der Waals surface area contributed by atoms with Crippen molar-refractivity contribution in [3.8, 4) is 10.6 Å². The summed E-state index contributed by atoms with van der Waals surface area (Å²) in [4.78, 5) is 25.0. The van der Waals surface area contributed by atoms with E-state index in [0.29, 0.717) is 23.8 Å². The van der Waals surface area contributed by atoms with Gasteiger partial charge in [-0.1, -0.05) is 46.9 Å². The maximum Gasteiger partial charge on any atom is 0.229 e. The quantitative estimate of drug-likeness (QED) is 0.850. The van der Waals surface area contributed by atoms with Crippen LogP contribution in [0.3, 0.4) is 0 Å². The van der Waals surface area contributed by atoms with Crippen molar-refractivity contribution in [1.82, 2.24) is 10.2 Å². The van der Waals surface area contributed by atoms with E-state index in [4.69, 9.17) is 0 Å². The molecule has 1 aliphatic heterocycles. The zero-order valence-corrected chi connectivity index (χ0v) is 14.6. The number of hydrogen-bond acceptors (Lipinski definition) is 6. The summed E-state index contributed by atoms with van der Waals surface area (Å²) in [7, 11) is 0. The highest BCUT2D eigenvalue weighted by Gasteiger charge is 2.32. The number of benzene rings is 1. The molecule has 1 saturated heterocycles. The summed E-state index contributed by atoms with van der Waals surface area (Å²) in [6, 6.07) is 8.08. The van der Waals surface area contributed by atoms with E-state index >= 15 is 0 Å². The van der Waals surface area contributed by atoms with E-state index in [1.54, 1.807) is 11.8 Å². The number of carbonyl (C=O) groups excluding carboxylic acids is 2. The smallest absolute Gasteiger partial charge is 0.229 e. The van der Waals surface area contributed by atoms with E-state index in [-0.39, 0.29) is 16.9 Å². The average Bonchev–Trinajstić information content (AvgIpc) is 3.11. The molecule has 0 N–H and O–H groups in total. The molecule has 7 heteroatoms. The van der Waals surface area contributed by atoms with Crippen LogP contribution < -0.4 is 4.90 Å². The maximum atomic E-state index is 12.2. The van der Waals surface area contributed by atoms with Crippen molar-refractivity contribution in [1.29, 1.82) is 0 Å². The summed E-state index contributed by atoms with van der Waals surface area (Å²) >= 11 is 2.71. The van der Waals surface area contributed by atoms with Gasteiger partial charge in [-0.25, -0.2) is 0 Å². The Bertz CT molecular complexity index is 744.